The number of amides is 1. The Morgan fingerprint density at radius 1 is 1.20 bits per heavy atom. The molecule has 0 unspecified atom stereocenters. The van der Waals surface area contributed by atoms with Gasteiger partial charge < -0.3 is 9.64 Å². The van der Waals surface area contributed by atoms with Crippen LogP contribution in [-0.2, 0) is 14.8 Å². The van der Waals surface area contributed by atoms with E-state index >= 15 is 0 Å². The monoisotopic (exact) mass is 364 g/mol. The van der Waals surface area contributed by atoms with Gasteiger partial charge in [-0.15, -0.1) is 0 Å². The fourth-order valence-corrected chi connectivity index (χ4v) is 3.95. The Labute approximate surface area is 145 Å². The van der Waals surface area contributed by atoms with E-state index in [1.54, 1.807) is 18.2 Å². The summed E-state index contributed by atoms with van der Waals surface area (Å²) in [6.45, 7) is 0.150. The molecule has 0 aliphatic carbocycles. The zero-order valence-electron chi connectivity index (χ0n) is 13.5. The summed E-state index contributed by atoms with van der Waals surface area (Å²) in [6.07, 6.45) is 0.0197. The molecule has 3 rings (SSSR count). The first-order chi connectivity index (χ1) is 11.9. The Morgan fingerprint density at radius 2 is 1.92 bits per heavy atom. The predicted molar refractivity (Wildman–Crippen MR) is 90.5 cm³/mol. The van der Waals surface area contributed by atoms with Crippen LogP contribution in [0.15, 0.2) is 53.4 Å². The number of nitrogens with zero attached hydrogens (tertiary/aromatic N) is 1. The van der Waals surface area contributed by atoms with Crippen LogP contribution < -0.4 is 14.4 Å². The minimum atomic E-state index is -3.76. The lowest BCUT2D eigenvalue weighted by Gasteiger charge is -2.17. The molecule has 1 N–H and O–H groups in total. The molecule has 0 bridgehead atoms. The van der Waals surface area contributed by atoms with E-state index < -0.39 is 21.9 Å². The molecule has 0 saturated carbocycles. The molecule has 1 amide bonds. The number of halogens is 1. The number of rotatable bonds is 5. The number of ether oxygens (including phenoxy) is 1. The first-order valence-electron chi connectivity index (χ1n) is 7.61. The first-order valence-corrected chi connectivity index (χ1v) is 9.10. The Balaban J connectivity index is 1.74. The normalized spacial score (nSPS) is 17.8. The van der Waals surface area contributed by atoms with Crippen LogP contribution in [0.2, 0.25) is 0 Å². The molecule has 6 nitrogen and oxygen atoms in total. The molecule has 0 aromatic heterocycles. The lowest BCUT2D eigenvalue weighted by molar-refractivity contribution is -0.117. The number of hydrogen-bond acceptors (Lipinski definition) is 4. The van der Waals surface area contributed by atoms with Crippen LogP contribution in [0.1, 0.15) is 6.42 Å². The van der Waals surface area contributed by atoms with Crippen molar-refractivity contribution in [2.45, 2.75) is 17.4 Å². The van der Waals surface area contributed by atoms with Gasteiger partial charge in [0.1, 0.15) is 11.6 Å². The number of benzene rings is 2. The van der Waals surface area contributed by atoms with Crippen LogP contribution in [0.3, 0.4) is 0 Å². The molecule has 2 aromatic carbocycles. The molecular weight excluding hydrogens is 347 g/mol. The summed E-state index contributed by atoms with van der Waals surface area (Å²) >= 11 is 0. The highest BCUT2D eigenvalue weighted by Gasteiger charge is 2.33. The summed E-state index contributed by atoms with van der Waals surface area (Å²) in [4.78, 5) is 13.6. The zero-order chi connectivity index (χ0) is 18.0. The maximum absolute atomic E-state index is 13.3. The van der Waals surface area contributed by atoms with Crippen molar-refractivity contribution in [2.24, 2.45) is 0 Å². The second kappa shape index (κ2) is 6.81. The van der Waals surface area contributed by atoms with Gasteiger partial charge in [-0.2, -0.15) is 0 Å². The molecule has 1 saturated heterocycles. The van der Waals surface area contributed by atoms with Crippen molar-refractivity contribution in [1.82, 2.24) is 4.72 Å². The van der Waals surface area contributed by atoms with Crippen molar-refractivity contribution in [3.05, 3.63) is 54.3 Å². The Bertz CT molecular complexity index is 884. The van der Waals surface area contributed by atoms with Gasteiger partial charge >= 0.3 is 0 Å². The Hall–Kier alpha value is -2.45. The molecule has 1 aliphatic heterocycles. The molecule has 1 fully saturated rings. The predicted octanol–water partition coefficient (Wildman–Crippen LogP) is 1.92. The number of carbonyl (C=O) groups excluding carboxylic acids is 1. The number of hydrogen-bond donors (Lipinski definition) is 1. The van der Waals surface area contributed by atoms with Crippen molar-refractivity contribution < 1.29 is 22.3 Å². The van der Waals surface area contributed by atoms with E-state index in [1.807, 2.05) is 0 Å². The average Bonchev–Trinajstić information content (AvgIpc) is 2.94. The molecule has 1 atom stereocenters. The van der Waals surface area contributed by atoms with Gasteiger partial charge in [-0.05, 0) is 42.5 Å². The van der Waals surface area contributed by atoms with E-state index in [4.69, 9.17) is 4.74 Å². The Kier molecular flexibility index (Phi) is 4.73. The molecule has 2 aromatic rings. The minimum absolute atomic E-state index is 0.0197. The molecule has 1 heterocycles. The molecule has 25 heavy (non-hydrogen) atoms. The van der Waals surface area contributed by atoms with Crippen LogP contribution in [0.5, 0.6) is 5.75 Å². The second-order valence-electron chi connectivity index (χ2n) is 5.68. The highest BCUT2D eigenvalue weighted by Crippen LogP contribution is 2.23. The highest BCUT2D eigenvalue weighted by atomic mass is 32.2. The Morgan fingerprint density at radius 3 is 2.56 bits per heavy atom. The van der Waals surface area contributed by atoms with Gasteiger partial charge in [0.05, 0.1) is 12.0 Å². The van der Waals surface area contributed by atoms with Crippen molar-refractivity contribution in [3.63, 3.8) is 0 Å². The fraction of sp³-hybridized carbons (Fsp3) is 0.235. The fourth-order valence-electron chi connectivity index (χ4n) is 2.72. The number of nitrogens with one attached hydrogen (secondary N) is 1. The summed E-state index contributed by atoms with van der Waals surface area (Å²) in [7, 11) is -2.27. The third kappa shape index (κ3) is 3.80. The van der Waals surface area contributed by atoms with E-state index in [9.17, 15) is 17.6 Å². The second-order valence-corrected chi connectivity index (χ2v) is 7.40. The summed E-state index contributed by atoms with van der Waals surface area (Å²) < 4.78 is 45.8. The third-order valence-corrected chi connectivity index (χ3v) is 5.47. The quantitative estimate of drug-likeness (QED) is 0.880. The standard InChI is InChI=1S/C17H17FN2O4S/c1-24-15-5-7-16(8-6-15)25(22,23)19-13-10-17(21)20(11-13)14-4-2-3-12(18)9-14/h2-9,13,19H,10-11H2,1H3/t13-/m1/s1. The van der Waals surface area contributed by atoms with E-state index in [1.165, 1.54) is 42.3 Å². The molecule has 8 heteroatoms. The maximum Gasteiger partial charge on any atom is 0.240 e. The van der Waals surface area contributed by atoms with Gasteiger partial charge in [-0.1, -0.05) is 6.07 Å². The summed E-state index contributed by atoms with van der Waals surface area (Å²) in [6, 6.07) is 11.0. The van der Waals surface area contributed by atoms with Crippen LogP contribution in [-0.4, -0.2) is 34.0 Å². The first kappa shape index (κ1) is 17.4. The lowest BCUT2D eigenvalue weighted by Crippen LogP contribution is -2.37. The van der Waals surface area contributed by atoms with Gasteiger partial charge in [0.2, 0.25) is 15.9 Å². The van der Waals surface area contributed by atoms with E-state index in [0.29, 0.717) is 11.4 Å². The number of carbonyl (C=O) groups is 1. The topological polar surface area (TPSA) is 75.7 Å². The van der Waals surface area contributed by atoms with Crippen LogP contribution >= 0.6 is 0 Å². The summed E-state index contributed by atoms with van der Waals surface area (Å²) in [5, 5.41) is 0. The van der Waals surface area contributed by atoms with E-state index in [2.05, 4.69) is 4.72 Å². The number of sulfonamides is 1. The van der Waals surface area contributed by atoms with Crippen LogP contribution in [0.4, 0.5) is 10.1 Å². The summed E-state index contributed by atoms with van der Waals surface area (Å²) in [5.74, 6) is -0.159. The van der Waals surface area contributed by atoms with Crippen molar-refractivity contribution >= 4 is 21.6 Å². The average molecular weight is 364 g/mol. The smallest absolute Gasteiger partial charge is 0.240 e. The molecule has 0 radical (unpaired) electrons. The lowest BCUT2D eigenvalue weighted by atomic mass is 10.3. The summed E-state index contributed by atoms with van der Waals surface area (Å²) in [5.41, 5.74) is 0.413. The van der Waals surface area contributed by atoms with Gasteiger partial charge in [0.15, 0.2) is 0 Å². The van der Waals surface area contributed by atoms with E-state index in [-0.39, 0.29) is 23.8 Å². The van der Waals surface area contributed by atoms with Crippen molar-refractivity contribution in [1.29, 1.82) is 0 Å². The molecular formula is C17H17FN2O4S. The van der Waals surface area contributed by atoms with Gasteiger partial charge in [-0.25, -0.2) is 17.5 Å². The molecule has 0 spiro atoms. The minimum Gasteiger partial charge on any atom is -0.497 e. The molecule has 132 valence electrons. The van der Waals surface area contributed by atoms with Gasteiger partial charge in [0, 0.05) is 24.7 Å². The molecule has 1 aliphatic rings. The van der Waals surface area contributed by atoms with Gasteiger partial charge in [-0.3, -0.25) is 4.79 Å². The van der Waals surface area contributed by atoms with E-state index in [0.717, 1.165) is 0 Å². The van der Waals surface area contributed by atoms with Crippen LogP contribution in [0.25, 0.3) is 0 Å². The van der Waals surface area contributed by atoms with Crippen LogP contribution in [0, 0.1) is 5.82 Å². The zero-order valence-corrected chi connectivity index (χ0v) is 14.3. The highest BCUT2D eigenvalue weighted by molar-refractivity contribution is 7.89. The maximum atomic E-state index is 13.3. The van der Waals surface area contributed by atoms with Crippen molar-refractivity contribution in [3.8, 4) is 5.75 Å². The van der Waals surface area contributed by atoms with Crippen molar-refractivity contribution in [2.75, 3.05) is 18.6 Å². The number of anilines is 1. The SMILES string of the molecule is COc1ccc(S(=O)(=O)N[C@@H]2CC(=O)N(c3cccc(F)c3)C2)cc1. The number of methoxy groups -OCH3 is 1. The largest absolute Gasteiger partial charge is 0.497 e. The third-order valence-electron chi connectivity index (χ3n) is 3.94. The van der Waals surface area contributed by atoms with Gasteiger partial charge in [0.25, 0.3) is 0 Å².